The quantitative estimate of drug-likeness (QED) is 0.686. The molecule has 1 heterocycles. The lowest BCUT2D eigenvalue weighted by molar-refractivity contribution is 0.594. The number of nitrogens with one attached hydrogen (secondary N) is 1. The molecule has 2 rings (SSSR count). The minimum Gasteiger partial charge on any atom is -0.331 e. The van der Waals surface area contributed by atoms with Gasteiger partial charge in [0, 0.05) is 17.0 Å². The van der Waals surface area contributed by atoms with Crippen LogP contribution in [0, 0.1) is 5.95 Å². The summed E-state index contributed by atoms with van der Waals surface area (Å²) in [6.07, 6.45) is 0. The second-order valence-electron chi connectivity index (χ2n) is 3.58. The molecule has 0 fully saturated rings. The van der Waals surface area contributed by atoms with Crippen molar-refractivity contribution in [1.29, 1.82) is 0 Å². The number of aromatic amines is 1. The van der Waals surface area contributed by atoms with E-state index in [1.165, 1.54) is 5.56 Å². The summed E-state index contributed by atoms with van der Waals surface area (Å²) in [5, 5.41) is 0.995. The Morgan fingerprint density at radius 2 is 2.08 bits per heavy atom. The van der Waals surface area contributed by atoms with Crippen LogP contribution in [-0.4, -0.2) is 4.98 Å². The third-order valence-corrected chi connectivity index (χ3v) is 2.29. The van der Waals surface area contributed by atoms with Crippen molar-refractivity contribution in [2.24, 2.45) is 0 Å². The van der Waals surface area contributed by atoms with Gasteiger partial charge in [-0.15, -0.1) is 0 Å². The maximum absolute atomic E-state index is 12.9. The normalized spacial score (nSPS) is 11.4. The van der Waals surface area contributed by atoms with Gasteiger partial charge in [-0.25, -0.2) is 0 Å². The second kappa shape index (κ2) is 2.87. The lowest BCUT2D eigenvalue weighted by Gasteiger charge is -2.05. The van der Waals surface area contributed by atoms with Gasteiger partial charge in [0.15, 0.2) is 5.95 Å². The van der Waals surface area contributed by atoms with Crippen molar-refractivity contribution in [1.82, 2.24) is 4.98 Å². The topological polar surface area (TPSA) is 15.8 Å². The van der Waals surface area contributed by atoms with Crippen molar-refractivity contribution in [3.8, 4) is 0 Å². The van der Waals surface area contributed by atoms with Crippen LogP contribution in [0.1, 0.15) is 25.3 Å². The van der Waals surface area contributed by atoms with E-state index >= 15 is 0 Å². The standard InChI is InChI=1S/C11H12FN/c1-7(2)8-4-3-5-10-9(8)6-11(12)13-10/h3-7,13H,1-2H3. The molecule has 1 N–H and O–H groups in total. The average Bonchev–Trinajstić information content (AvgIpc) is 2.43. The summed E-state index contributed by atoms with van der Waals surface area (Å²) in [5.41, 5.74) is 2.07. The van der Waals surface area contributed by atoms with Gasteiger partial charge in [0.2, 0.25) is 0 Å². The molecular formula is C11H12FN. The first-order valence-electron chi connectivity index (χ1n) is 4.45. The Balaban J connectivity index is 2.75. The van der Waals surface area contributed by atoms with Crippen LogP contribution in [-0.2, 0) is 0 Å². The Morgan fingerprint density at radius 3 is 2.77 bits per heavy atom. The van der Waals surface area contributed by atoms with Crippen LogP contribution in [0.15, 0.2) is 24.3 Å². The monoisotopic (exact) mass is 177 g/mol. The molecule has 2 heteroatoms. The molecule has 1 nitrogen and oxygen atoms in total. The molecule has 0 saturated heterocycles. The highest BCUT2D eigenvalue weighted by molar-refractivity contribution is 5.83. The zero-order chi connectivity index (χ0) is 9.42. The van der Waals surface area contributed by atoms with Gasteiger partial charge < -0.3 is 4.98 Å². The second-order valence-corrected chi connectivity index (χ2v) is 3.58. The molecule has 0 aliphatic rings. The number of H-pyrrole nitrogens is 1. The Bertz CT molecular complexity index is 429. The van der Waals surface area contributed by atoms with Gasteiger partial charge in [-0.3, -0.25) is 0 Å². The number of hydrogen-bond acceptors (Lipinski definition) is 0. The molecule has 0 spiro atoms. The summed E-state index contributed by atoms with van der Waals surface area (Å²) in [7, 11) is 0. The highest BCUT2D eigenvalue weighted by Crippen LogP contribution is 2.25. The number of halogens is 1. The van der Waals surface area contributed by atoms with Gasteiger partial charge in [0.1, 0.15) is 0 Å². The van der Waals surface area contributed by atoms with E-state index in [9.17, 15) is 4.39 Å². The SMILES string of the molecule is CC(C)c1cccc2[nH]c(F)cc12. The summed E-state index contributed by atoms with van der Waals surface area (Å²) in [6, 6.07) is 7.45. The highest BCUT2D eigenvalue weighted by atomic mass is 19.1. The summed E-state index contributed by atoms with van der Waals surface area (Å²) in [6.45, 7) is 4.22. The predicted molar refractivity (Wildman–Crippen MR) is 52.3 cm³/mol. The van der Waals surface area contributed by atoms with Crippen LogP contribution in [0.4, 0.5) is 4.39 Å². The van der Waals surface area contributed by atoms with Gasteiger partial charge in [-0.2, -0.15) is 4.39 Å². The van der Waals surface area contributed by atoms with Crippen molar-refractivity contribution in [3.05, 3.63) is 35.8 Å². The Kier molecular flexibility index (Phi) is 1.83. The molecule has 0 saturated carbocycles. The van der Waals surface area contributed by atoms with E-state index in [1.807, 2.05) is 18.2 Å². The Hall–Kier alpha value is -1.31. The molecule has 0 atom stereocenters. The van der Waals surface area contributed by atoms with E-state index in [0.717, 1.165) is 10.9 Å². The minimum absolute atomic E-state index is 0.261. The Labute approximate surface area is 76.6 Å². The van der Waals surface area contributed by atoms with Crippen LogP contribution in [0.5, 0.6) is 0 Å². The molecule has 0 aliphatic carbocycles. The van der Waals surface area contributed by atoms with Crippen molar-refractivity contribution in [2.75, 3.05) is 0 Å². The smallest absolute Gasteiger partial charge is 0.192 e. The molecule has 13 heavy (non-hydrogen) atoms. The van der Waals surface area contributed by atoms with E-state index in [1.54, 1.807) is 6.07 Å². The lowest BCUT2D eigenvalue weighted by Crippen LogP contribution is -1.86. The third kappa shape index (κ3) is 1.32. The fraction of sp³-hybridized carbons (Fsp3) is 0.273. The van der Waals surface area contributed by atoms with Crippen molar-refractivity contribution in [3.63, 3.8) is 0 Å². The largest absolute Gasteiger partial charge is 0.331 e. The van der Waals surface area contributed by atoms with Crippen LogP contribution >= 0.6 is 0 Å². The average molecular weight is 177 g/mol. The highest BCUT2D eigenvalue weighted by Gasteiger charge is 2.07. The van der Waals surface area contributed by atoms with Crippen molar-refractivity contribution in [2.45, 2.75) is 19.8 Å². The summed E-state index contributed by atoms with van der Waals surface area (Å²) in [5.74, 6) is 0.169. The molecule has 1 aromatic carbocycles. The molecule has 2 aromatic rings. The van der Waals surface area contributed by atoms with Gasteiger partial charge in [-0.1, -0.05) is 26.0 Å². The molecule has 1 aromatic heterocycles. The third-order valence-electron chi connectivity index (χ3n) is 2.29. The van der Waals surface area contributed by atoms with E-state index < -0.39 is 0 Å². The summed E-state index contributed by atoms with van der Waals surface area (Å²) >= 11 is 0. The van der Waals surface area contributed by atoms with E-state index in [4.69, 9.17) is 0 Å². The van der Waals surface area contributed by atoms with Gasteiger partial charge in [0.05, 0.1) is 0 Å². The van der Waals surface area contributed by atoms with Crippen molar-refractivity contribution < 1.29 is 4.39 Å². The fourth-order valence-corrected chi connectivity index (χ4v) is 1.65. The lowest BCUT2D eigenvalue weighted by atomic mass is 10.00. The maximum atomic E-state index is 12.9. The number of aromatic nitrogens is 1. The Morgan fingerprint density at radius 1 is 1.31 bits per heavy atom. The van der Waals surface area contributed by atoms with Crippen LogP contribution in [0.3, 0.4) is 0 Å². The maximum Gasteiger partial charge on any atom is 0.192 e. The molecule has 0 amide bonds. The molecule has 68 valence electrons. The van der Waals surface area contributed by atoms with Crippen LogP contribution < -0.4 is 0 Å². The zero-order valence-electron chi connectivity index (χ0n) is 7.76. The van der Waals surface area contributed by atoms with Crippen LogP contribution in [0.2, 0.25) is 0 Å². The number of hydrogen-bond donors (Lipinski definition) is 1. The molecule has 0 aliphatic heterocycles. The van der Waals surface area contributed by atoms with Crippen molar-refractivity contribution >= 4 is 10.9 Å². The van der Waals surface area contributed by atoms with Gasteiger partial charge in [0.25, 0.3) is 0 Å². The minimum atomic E-state index is -0.261. The van der Waals surface area contributed by atoms with Gasteiger partial charge in [-0.05, 0) is 17.5 Å². The van der Waals surface area contributed by atoms with E-state index in [2.05, 4.69) is 18.8 Å². The number of benzene rings is 1. The predicted octanol–water partition coefficient (Wildman–Crippen LogP) is 3.43. The number of rotatable bonds is 1. The zero-order valence-corrected chi connectivity index (χ0v) is 7.76. The van der Waals surface area contributed by atoms with Gasteiger partial charge >= 0.3 is 0 Å². The summed E-state index contributed by atoms with van der Waals surface area (Å²) in [4.78, 5) is 2.69. The molecule has 0 radical (unpaired) electrons. The number of fused-ring (bicyclic) bond motifs is 1. The van der Waals surface area contributed by atoms with Crippen LogP contribution in [0.25, 0.3) is 10.9 Å². The van der Waals surface area contributed by atoms with E-state index in [-0.39, 0.29) is 5.95 Å². The molecular weight excluding hydrogens is 165 g/mol. The summed E-state index contributed by atoms with van der Waals surface area (Å²) < 4.78 is 12.9. The first-order valence-corrected chi connectivity index (χ1v) is 4.45. The molecule has 0 bridgehead atoms. The first kappa shape index (κ1) is 8.30. The fourth-order valence-electron chi connectivity index (χ4n) is 1.65. The first-order chi connectivity index (χ1) is 6.18. The van der Waals surface area contributed by atoms with E-state index in [0.29, 0.717) is 5.92 Å². The molecule has 0 unspecified atom stereocenters.